The number of hydrogen-bond acceptors (Lipinski definition) is 2. The molecule has 1 aromatic heterocycles. The maximum absolute atomic E-state index is 12.9. The van der Waals surface area contributed by atoms with Gasteiger partial charge in [-0.2, -0.15) is 5.26 Å². The van der Waals surface area contributed by atoms with Gasteiger partial charge in [-0.05, 0) is 25.5 Å². The Morgan fingerprint density at radius 1 is 1.17 bits per heavy atom. The first-order chi connectivity index (χ1) is 11.6. The summed E-state index contributed by atoms with van der Waals surface area (Å²) in [4.78, 5) is 16.0. The highest BCUT2D eigenvalue weighted by Crippen LogP contribution is 2.31. The zero-order valence-corrected chi connectivity index (χ0v) is 13.7. The molecule has 2 aromatic carbocycles. The van der Waals surface area contributed by atoms with Gasteiger partial charge in [0.25, 0.3) is 0 Å². The van der Waals surface area contributed by atoms with Crippen molar-refractivity contribution in [3.05, 3.63) is 71.9 Å². The van der Waals surface area contributed by atoms with Crippen LogP contribution in [-0.4, -0.2) is 10.9 Å². The molecule has 120 valence electrons. The van der Waals surface area contributed by atoms with Crippen LogP contribution in [0.2, 0.25) is 0 Å². The molecular formula is C20H19N3O. The molecule has 4 nitrogen and oxygen atoms in total. The lowest BCUT2D eigenvalue weighted by atomic mass is 9.82. The standard InChI is InChI=1S/C20H19N3O/c1-14(15-8-4-3-5-9-15)23-19(24)20(2,13-21)17-12-22-18-11-7-6-10-16(17)18/h3-12,14,22H,1-2H3,(H,23,24)/t14-,20+/m1/s1. The zero-order valence-electron chi connectivity index (χ0n) is 13.7. The number of aromatic amines is 1. The van der Waals surface area contributed by atoms with E-state index in [2.05, 4.69) is 16.4 Å². The second-order valence-corrected chi connectivity index (χ2v) is 6.09. The molecule has 2 atom stereocenters. The third-order valence-electron chi connectivity index (χ3n) is 4.45. The number of H-pyrrole nitrogens is 1. The van der Waals surface area contributed by atoms with Gasteiger partial charge in [-0.1, -0.05) is 48.5 Å². The molecule has 3 rings (SSSR count). The summed E-state index contributed by atoms with van der Waals surface area (Å²) >= 11 is 0. The molecule has 0 bridgehead atoms. The molecule has 24 heavy (non-hydrogen) atoms. The minimum atomic E-state index is -1.26. The molecule has 0 radical (unpaired) electrons. The molecule has 3 aromatic rings. The van der Waals surface area contributed by atoms with Crippen LogP contribution >= 0.6 is 0 Å². The Hall–Kier alpha value is -3.06. The number of nitrogens with zero attached hydrogens (tertiary/aromatic N) is 1. The molecule has 0 fully saturated rings. The average molecular weight is 317 g/mol. The van der Waals surface area contributed by atoms with Crippen molar-refractivity contribution in [2.75, 3.05) is 0 Å². The van der Waals surface area contributed by atoms with Crippen molar-refractivity contribution >= 4 is 16.8 Å². The van der Waals surface area contributed by atoms with E-state index in [1.54, 1.807) is 13.1 Å². The van der Waals surface area contributed by atoms with Gasteiger partial charge >= 0.3 is 0 Å². The summed E-state index contributed by atoms with van der Waals surface area (Å²) < 4.78 is 0. The van der Waals surface area contributed by atoms with Crippen molar-refractivity contribution in [2.45, 2.75) is 25.3 Å². The highest BCUT2D eigenvalue weighted by Gasteiger charge is 2.38. The fraction of sp³-hybridized carbons (Fsp3) is 0.200. The minimum absolute atomic E-state index is 0.170. The number of rotatable bonds is 4. The van der Waals surface area contributed by atoms with Gasteiger partial charge in [0.2, 0.25) is 5.91 Å². The number of fused-ring (bicyclic) bond motifs is 1. The lowest BCUT2D eigenvalue weighted by Gasteiger charge is -2.23. The maximum Gasteiger partial charge on any atom is 0.245 e. The molecule has 0 unspecified atom stereocenters. The summed E-state index contributed by atoms with van der Waals surface area (Å²) in [7, 11) is 0. The predicted molar refractivity (Wildman–Crippen MR) is 94.3 cm³/mol. The molecule has 0 saturated heterocycles. The quantitative estimate of drug-likeness (QED) is 0.768. The number of hydrogen-bond donors (Lipinski definition) is 2. The lowest BCUT2D eigenvalue weighted by molar-refractivity contribution is -0.125. The van der Waals surface area contributed by atoms with E-state index in [1.165, 1.54) is 0 Å². The van der Waals surface area contributed by atoms with Crippen LogP contribution < -0.4 is 5.32 Å². The van der Waals surface area contributed by atoms with Gasteiger partial charge in [0.1, 0.15) is 0 Å². The van der Waals surface area contributed by atoms with Crippen LogP contribution in [0.4, 0.5) is 0 Å². The number of nitrogens with one attached hydrogen (secondary N) is 2. The molecule has 4 heteroatoms. The lowest BCUT2D eigenvalue weighted by Crippen LogP contribution is -2.42. The summed E-state index contributed by atoms with van der Waals surface area (Å²) in [6.07, 6.45) is 1.75. The Morgan fingerprint density at radius 3 is 2.54 bits per heavy atom. The second-order valence-electron chi connectivity index (χ2n) is 6.09. The number of carbonyl (C=O) groups excluding carboxylic acids is 1. The van der Waals surface area contributed by atoms with Crippen LogP contribution in [0, 0.1) is 11.3 Å². The first-order valence-electron chi connectivity index (χ1n) is 7.90. The normalized spacial score (nSPS) is 14.5. The van der Waals surface area contributed by atoms with E-state index in [0.29, 0.717) is 5.56 Å². The zero-order chi connectivity index (χ0) is 17.2. The fourth-order valence-corrected chi connectivity index (χ4v) is 2.88. The van der Waals surface area contributed by atoms with E-state index >= 15 is 0 Å². The van der Waals surface area contributed by atoms with Gasteiger partial charge in [0, 0.05) is 22.7 Å². The molecule has 0 spiro atoms. The fourth-order valence-electron chi connectivity index (χ4n) is 2.88. The van der Waals surface area contributed by atoms with Gasteiger partial charge < -0.3 is 10.3 Å². The van der Waals surface area contributed by atoms with Crippen molar-refractivity contribution in [3.8, 4) is 6.07 Å². The topological polar surface area (TPSA) is 68.7 Å². The second kappa shape index (κ2) is 6.21. The molecule has 1 amide bonds. The maximum atomic E-state index is 12.9. The number of para-hydroxylation sites is 1. The Bertz CT molecular complexity index is 907. The van der Waals surface area contributed by atoms with E-state index in [0.717, 1.165) is 16.5 Å². The first-order valence-corrected chi connectivity index (χ1v) is 7.90. The van der Waals surface area contributed by atoms with Crippen molar-refractivity contribution in [3.63, 3.8) is 0 Å². The van der Waals surface area contributed by atoms with Gasteiger partial charge in [0.05, 0.1) is 12.1 Å². The summed E-state index contributed by atoms with van der Waals surface area (Å²) in [5.41, 5.74) is 1.35. The highest BCUT2D eigenvalue weighted by atomic mass is 16.2. The Labute approximate surface area is 141 Å². The van der Waals surface area contributed by atoms with Crippen molar-refractivity contribution in [2.24, 2.45) is 0 Å². The van der Waals surface area contributed by atoms with Crippen molar-refractivity contribution < 1.29 is 4.79 Å². The molecular weight excluding hydrogens is 298 g/mol. The third-order valence-corrected chi connectivity index (χ3v) is 4.45. The summed E-state index contributed by atoms with van der Waals surface area (Å²) in [5.74, 6) is -0.300. The van der Waals surface area contributed by atoms with Crippen LogP contribution in [0.5, 0.6) is 0 Å². The Kier molecular flexibility index (Phi) is 4.09. The van der Waals surface area contributed by atoms with E-state index in [1.807, 2.05) is 61.5 Å². The molecule has 0 saturated carbocycles. The Morgan fingerprint density at radius 2 is 1.83 bits per heavy atom. The van der Waals surface area contributed by atoms with Crippen molar-refractivity contribution in [1.29, 1.82) is 5.26 Å². The highest BCUT2D eigenvalue weighted by molar-refractivity contribution is 5.97. The predicted octanol–water partition coefficient (Wildman–Crippen LogP) is 3.83. The van der Waals surface area contributed by atoms with Crippen LogP contribution in [0.15, 0.2) is 60.8 Å². The first kappa shape index (κ1) is 15.8. The molecule has 0 aliphatic rings. The summed E-state index contributed by atoms with van der Waals surface area (Å²) in [6, 6.07) is 19.4. The number of aromatic nitrogens is 1. The largest absolute Gasteiger partial charge is 0.361 e. The smallest absolute Gasteiger partial charge is 0.245 e. The monoisotopic (exact) mass is 317 g/mol. The minimum Gasteiger partial charge on any atom is -0.361 e. The number of amides is 1. The average Bonchev–Trinajstić information content (AvgIpc) is 3.06. The Balaban J connectivity index is 1.92. The third kappa shape index (κ3) is 2.65. The van der Waals surface area contributed by atoms with Gasteiger partial charge in [-0.3, -0.25) is 4.79 Å². The van der Waals surface area contributed by atoms with Crippen molar-refractivity contribution in [1.82, 2.24) is 10.3 Å². The van der Waals surface area contributed by atoms with E-state index < -0.39 is 5.41 Å². The number of benzene rings is 2. The van der Waals surface area contributed by atoms with Crippen LogP contribution in [-0.2, 0) is 10.2 Å². The van der Waals surface area contributed by atoms with E-state index in [9.17, 15) is 10.1 Å². The van der Waals surface area contributed by atoms with Gasteiger partial charge in [0.15, 0.2) is 5.41 Å². The molecule has 2 N–H and O–H groups in total. The molecule has 0 aliphatic carbocycles. The van der Waals surface area contributed by atoms with E-state index in [4.69, 9.17) is 0 Å². The van der Waals surface area contributed by atoms with Crippen LogP contribution in [0.1, 0.15) is 31.0 Å². The van der Waals surface area contributed by atoms with Crippen LogP contribution in [0.3, 0.4) is 0 Å². The SMILES string of the molecule is C[C@@H](NC(=O)[C@@](C)(C#N)c1c[nH]c2ccccc12)c1ccccc1. The van der Waals surface area contributed by atoms with Gasteiger partial charge in [-0.15, -0.1) is 0 Å². The number of nitriles is 1. The summed E-state index contributed by atoms with van der Waals surface area (Å²) in [6.45, 7) is 3.58. The van der Waals surface area contributed by atoms with Gasteiger partial charge in [-0.25, -0.2) is 0 Å². The molecule has 0 aliphatic heterocycles. The number of carbonyl (C=O) groups is 1. The van der Waals surface area contributed by atoms with E-state index in [-0.39, 0.29) is 11.9 Å². The molecule has 1 heterocycles. The summed E-state index contributed by atoms with van der Waals surface area (Å²) in [5, 5.41) is 13.6. The van der Waals surface area contributed by atoms with Crippen LogP contribution in [0.25, 0.3) is 10.9 Å².